The summed E-state index contributed by atoms with van der Waals surface area (Å²) in [5.74, 6) is 0.725. The fourth-order valence-electron chi connectivity index (χ4n) is 4.22. The molecule has 0 spiro atoms. The number of thioether (sulfide) groups is 1. The van der Waals surface area contributed by atoms with E-state index < -0.39 is 0 Å². The van der Waals surface area contributed by atoms with Crippen LogP contribution in [-0.4, -0.2) is 75.4 Å². The summed E-state index contributed by atoms with van der Waals surface area (Å²) in [6.07, 6.45) is 1.32. The van der Waals surface area contributed by atoms with E-state index in [0.717, 1.165) is 12.0 Å². The number of urea groups is 1. The maximum absolute atomic E-state index is 13.1. The molecule has 0 aromatic heterocycles. The minimum absolute atomic E-state index is 0.00171. The monoisotopic (exact) mass is 436 g/mol. The molecule has 3 heterocycles. The molecule has 0 saturated carbocycles. The Hall–Kier alpha value is -1.93. The summed E-state index contributed by atoms with van der Waals surface area (Å²) in [4.78, 5) is 42.9. The lowest BCUT2D eigenvalue weighted by atomic mass is 10.2. The zero-order valence-electron chi connectivity index (χ0n) is 16.6. The van der Waals surface area contributed by atoms with Crippen LogP contribution >= 0.6 is 23.4 Å². The SMILES string of the molecule is Cc1ccc(NC(=O)N2CCN(C(=O)C3CSC4(C)CCC(=O)N34)CC2)cc1Cl. The Bertz CT molecular complexity index is 858. The Labute approximate surface area is 179 Å². The number of carbonyl (C=O) groups is 3. The van der Waals surface area contributed by atoms with Crippen LogP contribution in [0.4, 0.5) is 10.5 Å². The van der Waals surface area contributed by atoms with Crippen molar-refractivity contribution in [3.8, 4) is 0 Å². The zero-order valence-corrected chi connectivity index (χ0v) is 18.2. The van der Waals surface area contributed by atoms with Crippen LogP contribution < -0.4 is 5.32 Å². The van der Waals surface area contributed by atoms with Crippen molar-refractivity contribution in [3.05, 3.63) is 28.8 Å². The highest BCUT2D eigenvalue weighted by Crippen LogP contribution is 2.47. The third-order valence-electron chi connectivity index (χ3n) is 6.03. The van der Waals surface area contributed by atoms with Crippen LogP contribution in [0.3, 0.4) is 0 Å². The maximum Gasteiger partial charge on any atom is 0.321 e. The van der Waals surface area contributed by atoms with Crippen LogP contribution in [0.25, 0.3) is 0 Å². The number of benzene rings is 1. The number of halogens is 1. The van der Waals surface area contributed by atoms with Crippen molar-refractivity contribution in [2.24, 2.45) is 0 Å². The normalized spacial score (nSPS) is 26.7. The molecule has 3 aliphatic heterocycles. The number of anilines is 1. The van der Waals surface area contributed by atoms with E-state index in [1.165, 1.54) is 0 Å². The summed E-state index contributed by atoms with van der Waals surface area (Å²) in [7, 11) is 0. The Balaban J connectivity index is 1.33. The summed E-state index contributed by atoms with van der Waals surface area (Å²) in [6, 6.07) is 4.84. The van der Waals surface area contributed by atoms with E-state index in [4.69, 9.17) is 11.6 Å². The van der Waals surface area contributed by atoms with Crippen LogP contribution in [0.5, 0.6) is 0 Å². The minimum Gasteiger partial charge on any atom is -0.337 e. The van der Waals surface area contributed by atoms with Gasteiger partial charge in [-0.1, -0.05) is 17.7 Å². The molecule has 1 aromatic carbocycles. The quantitative estimate of drug-likeness (QED) is 0.773. The molecule has 4 rings (SSSR count). The summed E-state index contributed by atoms with van der Waals surface area (Å²) in [5, 5.41) is 3.47. The fourth-order valence-corrected chi connectivity index (χ4v) is 5.82. The van der Waals surface area contributed by atoms with Crippen molar-refractivity contribution < 1.29 is 14.4 Å². The minimum atomic E-state index is -0.380. The number of aryl methyl sites for hydroxylation is 1. The predicted octanol–water partition coefficient (Wildman–Crippen LogP) is 2.78. The van der Waals surface area contributed by atoms with Gasteiger partial charge in [-0.05, 0) is 38.0 Å². The van der Waals surface area contributed by atoms with Crippen molar-refractivity contribution in [2.45, 2.75) is 37.6 Å². The van der Waals surface area contributed by atoms with Gasteiger partial charge < -0.3 is 20.0 Å². The van der Waals surface area contributed by atoms with Gasteiger partial charge in [0.15, 0.2) is 0 Å². The van der Waals surface area contributed by atoms with E-state index in [0.29, 0.717) is 49.1 Å². The first-order valence-electron chi connectivity index (χ1n) is 9.85. The molecule has 3 fully saturated rings. The second-order valence-electron chi connectivity index (χ2n) is 7.97. The van der Waals surface area contributed by atoms with E-state index in [1.54, 1.807) is 32.5 Å². The zero-order chi connectivity index (χ0) is 20.8. The lowest BCUT2D eigenvalue weighted by molar-refractivity contribution is -0.144. The molecule has 9 heteroatoms. The van der Waals surface area contributed by atoms with Gasteiger partial charge in [0.05, 0.1) is 4.87 Å². The molecule has 3 aliphatic rings. The van der Waals surface area contributed by atoms with Gasteiger partial charge in [-0.3, -0.25) is 9.59 Å². The topological polar surface area (TPSA) is 73.0 Å². The van der Waals surface area contributed by atoms with Crippen molar-refractivity contribution in [3.63, 3.8) is 0 Å². The highest BCUT2D eigenvalue weighted by molar-refractivity contribution is 8.01. The standard InChI is InChI=1S/C20H25ClN4O3S/c1-13-3-4-14(11-15(13)21)22-19(28)24-9-7-23(8-10-24)18(27)16-12-29-20(2)6-5-17(26)25(16)20/h3-4,11,16H,5-10,12H2,1-2H3,(H,22,28). The first-order chi connectivity index (χ1) is 13.8. The van der Waals surface area contributed by atoms with E-state index >= 15 is 0 Å². The first kappa shape index (κ1) is 20.3. The Morgan fingerprint density at radius 3 is 2.59 bits per heavy atom. The van der Waals surface area contributed by atoms with Gasteiger partial charge in [-0.2, -0.15) is 0 Å². The highest BCUT2D eigenvalue weighted by Gasteiger charge is 2.53. The predicted molar refractivity (Wildman–Crippen MR) is 114 cm³/mol. The molecular weight excluding hydrogens is 412 g/mol. The second-order valence-corrected chi connectivity index (χ2v) is 9.88. The Morgan fingerprint density at radius 1 is 1.21 bits per heavy atom. The molecule has 1 aromatic rings. The van der Waals surface area contributed by atoms with E-state index in [9.17, 15) is 14.4 Å². The van der Waals surface area contributed by atoms with Gasteiger partial charge in [0, 0.05) is 49.1 Å². The Kier molecular flexibility index (Phi) is 5.42. The second kappa shape index (κ2) is 7.72. The number of hydrogen-bond donors (Lipinski definition) is 1. The number of hydrogen-bond acceptors (Lipinski definition) is 4. The lowest BCUT2D eigenvalue weighted by Crippen LogP contribution is -2.57. The van der Waals surface area contributed by atoms with Gasteiger partial charge in [0.1, 0.15) is 6.04 Å². The number of nitrogens with one attached hydrogen (secondary N) is 1. The summed E-state index contributed by atoms with van der Waals surface area (Å²) >= 11 is 7.82. The summed E-state index contributed by atoms with van der Waals surface area (Å²) < 4.78 is 0. The molecular formula is C20H25ClN4O3S. The van der Waals surface area contributed by atoms with Crippen LogP contribution in [-0.2, 0) is 9.59 Å². The van der Waals surface area contributed by atoms with Crippen LogP contribution in [0.1, 0.15) is 25.3 Å². The molecule has 3 saturated heterocycles. The van der Waals surface area contributed by atoms with E-state index in [1.807, 2.05) is 19.1 Å². The van der Waals surface area contributed by atoms with Gasteiger partial charge in [-0.25, -0.2) is 4.79 Å². The highest BCUT2D eigenvalue weighted by atomic mass is 35.5. The average molecular weight is 437 g/mol. The van der Waals surface area contributed by atoms with Crippen molar-refractivity contribution in [1.29, 1.82) is 0 Å². The van der Waals surface area contributed by atoms with Crippen molar-refractivity contribution in [1.82, 2.24) is 14.7 Å². The molecule has 7 nitrogen and oxygen atoms in total. The van der Waals surface area contributed by atoms with E-state index in [2.05, 4.69) is 12.2 Å². The van der Waals surface area contributed by atoms with Crippen LogP contribution in [0, 0.1) is 6.92 Å². The third kappa shape index (κ3) is 3.80. The summed E-state index contributed by atoms with van der Waals surface area (Å²) in [5.41, 5.74) is 1.60. The lowest BCUT2D eigenvalue weighted by Gasteiger charge is -2.38. The van der Waals surface area contributed by atoms with Crippen molar-refractivity contribution in [2.75, 3.05) is 37.2 Å². The number of nitrogens with zero attached hydrogens (tertiary/aromatic N) is 3. The van der Waals surface area contributed by atoms with Gasteiger partial charge >= 0.3 is 6.03 Å². The van der Waals surface area contributed by atoms with E-state index in [-0.39, 0.29) is 28.8 Å². The Morgan fingerprint density at radius 2 is 1.90 bits per heavy atom. The smallest absolute Gasteiger partial charge is 0.321 e. The molecule has 2 unspecified atom stereocenters. The van der Waals surface area contributed by atoms with Gasteiger partial charge in [0.25, 0.3) is 0 Å². The number of piperazine rings is 1. The molecule has 1 N–H and O–H groups in total. The van der Waals surface area contributed by atoms with Gasteiger partial charge in [-0.15, -0.1) is 11.8 Å². The number of fused-ring (bicyclic) bond motifs is 1. The largest absolute Gasteiger partial charge is 0.337 e. The van der Waals surface area contributed by atoms with Crippen LogP contribution in [0.15, 0.2) is 18.2 Å². The van der Waals surface area contributed by atoms with Gasteiger partial charge in [0.2, 0.25) is 11.8 Å². The maximum atomic E-state index is 13.1. The van der Waals surface area contributed by atoms with Crippen molar-refractivity contribution >= 4 is 46.9 Å². The molecule has 156 valence electrons. The number of amides is 4. The van der Waals surface area contributed by atoms with Crippen LogP contribution in [0.2, 0.25) is 5.02 Å². The average Bonchev–Trinajstić information content (AvgIpc) is 3.20. The molecule has 29 heavy (non-hydrogen) atoms. The first-order valence-corrected chi connectivity index (χ1v) is 11.2. The molecule has 4 amide bonds. The fraction of sp³-hybridized carbons (Fsp3) is 0.550. The molecule has 0 aliphatic carbocycles. The third-order valence-corrected chi connectivity index (χ3v) is 7.94. The molecule has 0 radical (unpaired) electrons. The summed E-state index contributed by atoms with van der Waals surface area (Å²) in [6.45, 7) is 5.83. The molecule has 2 atom stereocenters. The molecule has 0 bridgehead atoms. The number of rotatable bonds is 2. The number of carbonyl (C=O) groups excluding carboxylic acids is 3.